The number of rotatable bonds is 3. The van der Waals surface area contributed by atoms with Crippen LogP contribution in [-0.4, -0.2) is 29.1 Å². The van der Waals surface area contributed by atoms with Crippen LogP contribution in [0.5, 0.6) is 11.5 Å². The molecular weight excluding hydrogens is 282 g/mol. The van der Waals surface area contributed by atoms with Crippen molar-refractivity contribution < 1.29 is 14.3 Å². The van der Waals surface area contributed by atoms with Gasteiger partial charge in [0.2, 0.25) is 0 Å². The lowest BCUT2D eigenvalue weighted by atomic mass is 10.1. The summed E-state index contributed by atoms with van der Waals surface area (Å²) in [6.07, 6.45) is 5.33. The second-order valence-electron chi connectivity index (χ2n) is 5.04. The van der Waals surface area contributed by atoms with Crippen molar-refractivity contribution in [3.8, 4) is 11.5 Å². The molecule has 0 fully saturated rings. The Morgan fingerprint density at radius 2 is 2.05 bits per heavy atom. The fourth-order valence-corrected chi connectivity index (χ4v) is 2.22. The molecule has 0 radical (unpaired) electrons. The average molecular weight is 299 g/mol. The minimum absolute atomic E-state index is 0.174. The Morgan fingerprint density at radius 1 is 1.23 bits per heavy atom. The highest BCUT2D eigenvalue weighted by Gasteiger charge is 2.16. The van der Waals surface area contributed by atoms with E-state index in [1.165, 1.54) is 18.6 Å². The van der Waals surface area contributed by atoms with E-state index >= 15 is 0 Å². The zero-order valence-electron chi connectivity index (χ0n) is 12.3. The highest BCUT2D eigenvalue weighted by Crippen LogP contribution is 2.32. The summed E-state index contributed by atoms with van der Waals surface area (Å²) in [5, 5.41) is 2.90. The van der Waals surface area contributed by atoms with Gasteiger partial charge in [-0.1, -0.05) is 6.07 Å². The number of ether oxygens (including phenoxy) is 2. The third kappa shape index (κ3) is 3.16. The van der Waals surface area contributed by atoms with Gasteiger partial charge in [-0.25, -0.2) is 4.98 Å². The zero-order chi connectivity index (χ0) is 15.4. The lowest BCUT2D eigenvalue weighted by molar-refractivity contribution is 0.0934. The molecule has 114 valence electrons. The Morgan fingerprint density at radius 3 is 2.82 bits per heavy atom. The van der Waals surface area contributed by atoms with E-state index in [0.717, 1.165) is 23.5 Å². The van der Waals surface area contributed by atoms with Crippen LogP contribution in [0.1, 0.15) is 35.4 Å². The molecule has 0 aliphatic carbocycles. The van der Waals surface area contributed by atoms with Crippen LogP contribution in [0.3, 0.4) is 0 Å². The molecule has 0 saturated heterocycles. The van der Waals surface area contributed by atoms with Crippen molar-refractivity contribution in [3.63, 3.8) is 0 Å². The predicted octanol–water partition coefficient (Wildman–Crippen LogP) is 2.13. The predicted molar refractivity (Wildman–Crippen MR) is 80.0 cm³/mol. The molecule has 2 heterocycles. The van der Waals surface area contributed by atoms with Gasteiger partial charge in [-0.05, 0) is 24.6 Å². The number of nitrogens with zero attached hydrogens (tertiary/aromatic N) is 2. The molecule has 1 aliphatic heterocycles. The van der Waals surface area contributed by atoms with Crippen LogP contribution >= 0.6 is 0 Å². The molecule has 2 aromatic rings. The topological polar surface area (TPSA) is 73.3 Å². The maximum atomic E-state index is 12.1. The van der Waals surface area contributed by atoms with Gasteiger partial charge in [0.05, 0.1) is 25.5 Å². The molecule has 0 saturated carbocycles. The number of aromatic nitrogens is 2. The number of hydrogen-bond donors (Lipinski definition) is 1. The Labute approximate surface area is 128 Å². The maximum absolute atomic E-state index is 12.1. The number of fused-ring (bicyclic) bond motifs is 1. The maximum Gasteiger partial charge on any atom is 0.271 e. The van der Waals surface area contributed by atoms with E-state index in [1.807, 2.05) is 25.1 Å². The molecule has 3 rings (SSSR count). The van der Waals surface area contributed by atoms with Crippen LogP contribution in [-0.2, 0) is 0 Å². The second-order valence-corrected chi connectivity index (χ2v) is 5.04. The van der Waals surface area contributed by atoms with Crippen molar-refractivity contribution in [2.75, 3.05) is 13.2 Å². The summed E-state index contributed by atoms with van der Waals surface area (Å²) in [5.74, 6) is 1.21. The van der Waals surface area contributed by atoms with E-state index in [4.69, 9.17) is 9.47 Å². The largest absolute Gasteiger partial charge is 0.490 e. The van der Waals surface area contributed by atoms with Crippen LogP contribution < -0.4 is 14.8 Å². The number of amides is 1. The van der Waals surface area contributed by atoms with Gasteiger partial charge in [0.25, 0.3) is 5.91 Å². The van der Waals surface area contributed by atoms with Gasteiger partial charge in [0.15, 0.2) is 11.5 Å². The van der Waals surface area contributed by atoms with Gasteiger partial charge in [0, 0.05) is 18.8 Å². The van der Waals surface area contributed by atoms with Crippen molar-refractivity contribution in [2.45, 2.75) is 19.4 Å². The van der Waals surface area contributed by atoms with E-state index in [0.29, 0.717) is 18.9 Å². The van der Waals surface area contributed by atoms with Gasteiger partial charge in [-0.2, -0.15) is 0 Å². The molecule has 22 heavy (non-hydrogen) atoms. The molecule has 1 aliphatic rings. The van der Waals surface area contributed by atoms with Crippen molar-refractivity contribution in [3.05, 3.63) is 48.0 Å². The third-order valence-corrected chi connectivity index (χ3v) is 3.41. The third-order valence-electron chi connectivity index (χ3n) is 3.41. The van der Waals surface area contributed by atoms with E-state index in [-0.39, 0.29) is 11.9 Å². The minimum Gasteiger partial charge on any atom is -0.490 e. The number of carbonyl (C=O) groups is 1. The summed E-state index contributed by atoms with van der Waals surface area (Å²) in [6.45, 7) is 3.20. The first-order valence-electron chi connectivity index (χ1n) is 7.20. The molecule has 0 spiro atoms. The van der Waals surface area contributed by atoms with Crippen LogP contribution in [0, 0.1) is 0 Å². The van der Waals surface area contributed by atoms with E-state index in [9.17, 15) is 4.79 Å². The fourth-order valence-electron chi connectivity index (χ4n) is 2.22. The van der Waals surface area contributed by atoms with Crippen LogP contribution in [0.2, 0.25) is 0 Å². The SMILES string of the molecule is CC(NC(=O)c1cnccn1)c1ccc2c(c1)OCCCO2. The number of hydrogen-bond acceptors (Lipinski definition) is 5. The smallest absolute Gasteiger partial charge is 0.271 e. The Bertz CT molecular complexity index is 661. The Balaban J connectivity index is 1.73. The quantitative estimate of drug-likeness (QED) is 0.940. The zero-order valence-corrected chi connectivity index (χ0v) is 12.3. The number of carbonyl (C=O) groups excluding carboxylic acids is 1. The van der Waals surface area contributed by atoms with Crippen molar-refractivity contribution in [1.82, 2.24) is 15.3 Å². The number of nitrogens with one attached hydrogen (secondary N) is 1. The molecular formula is C16H17N3O3. The molecule has 1 amide bonds. The molecule has 1 aromatic carbocycles. The van der Waals surface area contributed by atoms with Gasteiger partial charge in [0.1, 0.15) is 5.69 Å². The first-order valence-corrected chi connectivity index (χ1v) is 7.20. The van der Waals surface area contributed by atoms with E-state index < -0.39 is 0 Å². The number of benzene rings is 1. The summed E-state index contributed by atoms with van der Waals surface area (Å²) >= 11 is 0. The minimum atomic E-state index is -0.257. The summed E-state index contributed by atoms with van der Waals surface area (Å²) < 4.78 is 11.3. The van der Waals surface area contributed by atoms with Crippen LogP contribution in [0.15, 0.2) is 36.8 Å². The molecule has 1 N–H and O–H groups in total. The van der Waals surface area contributed by atoms with E-state index in [2.05, 4.69) is 15.3 Å². The first-order chi connectivity index (χ1) is 10.7. The Kier molecular flexibility index (Phi) is 4.18. The Hall–Kier alpha value is -2.63. The monoisotopic (exact) mass is 299 g/mol. The van der Waals surface area contributed by atoms with Crippen molar-refractivity contribution >= 4 is 5.91 Å². The normalized spacial score (nSPS) is 14.8. The standard InChI is InChI=1S/C16H17N3O3/c1-11(19-16(20)13-10-17-5-6-18-13)12-3-4-14-15(9-12)22-8-2-7-21-14/h3-6,9-11H,2,7-8H2,1H3,(H,19,20). The lowest BCUT2D eigenvalue weighted by Crippen LogP contribution is -2.27. The van der Waals surface area contributed by atoms with Crippen LogP contribution in [0.4, 0.5) is 0 Å². The fraction of sp³-hybridized carbons (Fsp3) is 0.312. The summed E-state index contributed by atoms with van der Waals surface area (Å²) in [7, 11) is 0. The van der Waals surface area contributed by atoms with Crippen molar-refractivity contribution in [1.29, 1.82) is 0 Å². The van der Waals surface area contributed by atoms with Gasteiger partial charge >= 0.3 is 0 Å². The highest BCUT2D eigenvalue weighted by molar-refractivity contribution is 5.92. The van der Waals surface area contributed by atoms with E-state index in [1.54, 1.807) is 0 Å². The highest BCUT2D eigenvalue weighted by atomic mass is 16.5. The van der Waals surface area contributed by atoms with Crippen LogP contribution in [0.25, 0.3) is 0 Å². The van der Waals surface area contributed by atoms with Gasteiger partial charge in [-0.3, -0.25) is 9.78 Å². The summed E-state index contributed by atoms with van der Waals surface area (Å²) in [4.78, 5) is 20.0. The van der Waals surface area contributed by atoms with Crippen molar-refractivity contribution in [2.24, 2.45) is 0 Å². The van der Waals surface area contributed by atoms with Gasteiger partial charge in [-0.15, -0.1) is 0 Å². The molecule has 1 atom stereocenters. The molecule has 6 heteroatoms. The molecule has 6 nitrogen and oxygen atoms in total. The molecule has 1 aromatic heterocycles. The lowest BCUT2D eigenvalue weighted by Gasteiger charge is -2.16. The summed E-state index contributed by atoms with van der Waals surface area (Å²) in [5.41, 5.74) is 1.24. The van der Waals surface area contributed by atoms with Gasteiger partial charge < -0.3 is 14.8 Å². The average Bonchev–Trinajstić information content (AvgIpc) is 2.80. The molecule has 0 bridgehead atoms. The second kappa shape index (κ2) is 6.43. The summed E-state index contributed by atoms with van der Waals surface area (Å²) in [6, 6.07) is 5.53. The first kappa shape index (κ1) is 14.3. The molecule has 1 unspecified atom stereocenters.